The summed E-state index contributed by atoms with van der Waals surface area (Å²) in [6.07, 6.45) is 3.42. The number of amides is 1. The molecule has 34 heavy (non-hydrogen) atoms. The summed E-state index contributed by atoms with van der Waals surface area (Å²) < 4.78 is 38.9. The van der Waals surface area contributed by atoms with E-state index in [0.717, 1.165) is 22.9 Å². The number of phenols is 1. The summed E-state index contributed by atoms with van der Waals surface area (Å²) >= 11 is 0. The van der Waals surface area contributed by atoms with E-state index in [1.807, 2.05) is 18.2 Å². The van der Waals surface area contributed by atoms with Crippen LogP contribution in [0.4, 0.5) is 18.9 Å². The van der Waals surface area contributed by atoms with Crippen LogP contribution in [0.2, 0.25) is 0 Å². The second-order valence-corrected chi connectivity index (χ2v) is 7.45. The van der Waals surface area contributed by atoms with Gasteiger partial charge in [0.1, 0.15) is 5.75 Å². The minimum Gasteiger partial charge on any atom is -0.508 e. The molecule has 0 aliphatic rings. The third kappa shape index (κ3) is 5.32. The van der Waals surface area contributed by atoms with Crippen molar-refractivity contribution < 1.29 is 23.1 Å². The largest absolute Gasteiger partial charge is 0.508 e. The van der Waals surface area contributed by atoms with Crippen molar-refractivity contribution in [3.63, 3.8) is 0 Å². The molecule has 0 bridgehead atoms. The number of benzene rings is 3. The molecule has 2 N–H and O–H groups in total. The number of phenolic OH excluding ortho intramolecular Hbond substituents is 1. The number of halogens is 3. The van der Waals surface area contributed by atoms with E-state index in [2.05, 4.69) is 10.3 Å². The lowest BCUT2D eigenvalue weighted by atomic mass is 9.96. The fraction of sp³-hybridized carbons (Fsp3) is 0.0370. The highest BCUT2D eigenvalue weighted by Gasteiger charge is 2.30. The van der Waals surface area contributed by atoms with Crippen LogP contribution in [0, 0.1) is 0 Å². The topological polar surface area (TPSA) is 62.2 Å². The quantitative estimate of drug-likeness (QED) is 0.261. The fourth-order valence-electron chi connectivity index (χ4n) is 3.48. The Balaban J connectivity index is 1.61. The molecular weight excluding hydrogens is 441 g/mol. The van der Waals surface area contributed by atoms with Crippen molar-refractivity contribution in [1.82, 2.24) is 4.98 Å². The molecule has 0 unspecified atom stereocenters. The number of carbonyl (C=O) groups excluding carboxylic acids is 1. The molecule has 7 heteroatoms. The van der Waals surface area contributed by atoms with E-state index in [4.69, 9.17) is 0 Å². The van der Waals surface area contributed by atoms with E-state index in [1.165, 1.54) is 36.4 Å². The van der Waals surface area contributed by atoms with E-state index in [-0.39, 0.29) is 11.7 Å². The molecule has 0 spiro atoms. The number of allylic oxidation sites excluding steroid dienone is 2. The van der Waals surface area contributed by atoms with Crippen LogP contribution in [0.3, 0.4) is 0 Å². The molecule has 0 aliphatic carbocycles. The number of nitrogens with one attached hydrogen (secondary N) is 1. The van der Waals surface area contributed by atoms with E-state index < -0.39 is 11.7 Å². The maximum atomic E-state index is 13.0. The standard InChI is InChI=1S/C27H19F3N2O2/c28-27(29,30)21-11-7-18(8-12-21)23(19-9-13-22(33)14-10-19)4-2-6-26(34)32-25-5-1-3-20-17-31-16-15-24(20)25/h1-17,33H,(H,32,34)/b6-2+,23-4+. The molecule has 0 atom stereocenters. The molecule has 0 aliphatic heterocycles. The molecule has 0 fully saturated rings. The number of hydrogen-bond acceptors (Lipinski definition) is 3. The van der Waals surface area contributed by atoms with Gasteiger partial charge in [0.05, 0.1) is 5.56 Å². The first-order chi connectivity index (χ1) is 16.3. The molecular formula is C27H19F3N2O2. The van der Waals surface area contributed by atoms with Crippen LogP contribution in [0.5, 0.6) is 5.75 Å². The number of pyridine rings is 1. The maximum absolute atomic E-state index is 13.0. The number of rotatable bonds is 5. The van der Waals surface area contributed by atoms with Crippen LogP contribution in [0.15, 0.2) is 103 Å². The number of aromatic nitrogens is 1. The monoisotopic (exact) mass is 460 g/mol. The van der Waals surface area contributed by atoms with Crippen molar-refractivity contribution in [2.24, 2.45) is 0 Å². The Morgan fingerprint density at radius 3 is 2.26 bits per heavy atom. The third-order valence-corrected chi connectivity index (χ3v) is 5.15. The number of hydrogen-bond donors (Lipinski definition) is 2. The predicted molar refractivity (Wildman–Crippen MR) is 126 cm³/mol. The number of anilines is 1. The Labute approximate surface area is 193 Å². The minimum absolute atomic E-state index is 0.0655. The van der Waals surface area contributed by atoms with Gasteiger partial charge in [0.25, 0.3) is 0 Å². The van der Waals surface area contributed by atoms with Gasteiger partial charge < -0.3 is 10.4 Å². The summed E-state index contributed by atoms with van der Waals surface area (Å²) in [4.78, 5) is 16.6. The molecule has 4 aromatic rings. The molecule has 0 saturated carbocycles. The predicted octanol–water partition coefficient (Wildman–Crippen LogP) is 6.59. The molecule has 4 nitrogen and oxygen atoms in total. The average molecular weight is 460 g/mol. The molecule has 0 saturated heterocycles. The number of carbonyl (C=O) groups is 1. The zero-order valence-corrected chi connectivity index (χ0v) is 17.8. The van der Waals surface area contributed by atoms with Crippen molar-refractivity contribution in [2.45, 2.75) is 6.18 Å². The van der Waals surface area contributed by atoms with Crippen molar-refractivity contribution in [1.29, 1.82) is 0 Å². The van der Waals surface area contributed by atoms with Gasteiger partial charge in [0.2, 0.25) is 5.91 Å². The summed E-state index contributed by atoms with van der Waals surface area (Å²) in [7, 11) is 0. The summed E-state index contributed by atoms with van der Waals surface area (Å²) in [6.45, 7) is 0. The fourth-order valence-corrected chi connectivity index (χ4v) is 3.48. The Bertz CT molecular complexity index is 1370. The van der Waals surface area contributed by atoms with Gasteiger partial charge in [-0.25, -0.2) is 0 Å². The number of fused-ring (bicyclic) bond motifs is 1. The van der Waals surface area contributed by atoms with Crippen molar-refractivity contribution in [2.75, 3.05) is 5.32 Å². The van der Waals surface area contributed by atoms with E-state index >= 15 is 0 Å². The number of alkyl halides is 3. The van der Waals surface area contributed by atoms with E-state index in [0.29, 0.717) is 22.4 Å². The van der Waals surface area contributed by atoms with Crippen LogP contribution in [-0.4, -0.2) is 16.0 Å². The molecule has 4 rings (SSSR count). The van der Waals surface area contributed by atoms with Gasteiger partial charge in [-0.2, -0.15) is 13.2 Å². The smallest absolute Gasteiger partial charge is 0.416 e. The third-order valence-electron chi connectivity index (χ3n) is 5.15. The van der Waals surface area contributed by atoms with Gasteiger partial charge in [-0.15, -0.1) is 0 Å². The molecule has 0 radical (unpaired) electrons. The van der Waals surface area contributed by atoms with Gasteiger partial charge in [-0.05, 0) is 53.1 Å². The Kier molecular flexibility index (Phi) is 6.45. The Hall–Kier alpha value is -4.39. The summed E-state index contributed by atoms with van der Waals surface area (Å²) in [5.41, 5.74) is 1.69. The van der Waals surface area contributed by atoms with Crippen LogP contribution in [-0.2, 0) is 11.0 Å². The second kappa shape index (κ2) is 9.62. The second-order valence-electron chi connectivity index (χ2n) is 7.45. The van der Waals surface area contributed by atoms with Gasteiger partial charge in [0.15, 0.2) is 0 Å². The van der Waals surface area contributed by atoms with Crippen LogP contribution >= 0.6 is 0 Å². The lowest BCUT2D eigenvalue weighted by molar-refractivity contribution is -0.137. The van der Waals surface area contributed by atoms with Crippen LogP contribution in [0.25, 0.3) is 16.3 Å². The minimum atomic E-state index is -4.43. The SMILES string of the molecule is O=C(/C=C/C=C(/c1ccc(O)cc1)c1ccc(C(F)(F)F)cc1)Nc1cccc2cnccc12. The maximum Gasteiger partial charge on any atom is 0.416 e. The molecule has 1 amide bonds. The highest BCUT2D eigenvalue weighted by atomic mass is 19.4. The first kappa shape index (κ1) is 22.8. The molecule has 170 valence electrons. The summed E-state index contributed by atoms with van der Waals surface area (Å²) in [5, 5.41) is 14.2. The molecule has 1 heterocycles. The Morgan fingerprint density at radius 2 is 1.59 bits per heavy atom. The number of aromatic hydroxyl groups is 1. The summed E-state index contributed by atoms with van der Waals surface area (Å²) in [5.74, 6) is -0.297. The highest BCUT2D eigenvalue weighted by Crippen LogP contribution is 2.32. The highest BCUT2D eigenvalue weighted by molar-refractivity contribution is 6.06. The van der Waals surface area contributed by atoms with Gasteiger partial charge in [-0.3, -0.25) is 9.78 Å². The van der Waals surface area contributed by atoms with Crippen LogP contribution in [0.1, 0.15) is 16.7 Å². The number of nitrogens with zero attached hydrogens (tertiary/aromatic N) is 1. The van der Waals surface area contributed by atoms with E-state index in [1.54, 1.807) is 36.7 Å². The summed E-state index contributed by atoms with van der Waals surface area (Å²) in [6, 6.07) is 18.3. The van der Waals surface area contributed by atoms with E-state index in [9.17, 15) is 23.1 Å². The zero-order valence-electron chi connectivity index (χ0n) is 17.8. The Morgan fingerprint density at radius 1 is 0.912 bits per heavy atom. The molecule has 1 aromatic heterocycles. The average Bonchev–Trinajstić information content (AvgIpc) is 2.82. The first-order valence-corrected chi connectivity index (χ1v) is 10.3. The molecule has 3 aromatic carbocycles. The lowest BCUT2D eigenvalue weighted by Crippen LogP contribution is -2.08. The van der Waals surface area contributed by atoms with Gasteiger partial charge >= 0.3 is 6.18 Å². The van der Waals surface area contributed by atoms with Crippen molar-refractivity contribution >= 4 is 27.9 Å². The zero-order chi connectivity index (χ0) is 24.1. The normalized spacial score (nSPS) is 12.3. The van der Waals surface area contributed by atoms with Gasteiger partial charge in [0, 0.05) is 34.9 Å². The van der Waals surface area contributed by atoms with Crippen molar-refractivity contribution in [3.05, 3.63) is 120 Å². The van der Waals surface area contributed by atoms with Crippen molar-refractivity contribution in [3.8, 4) is 5.75 Å². The van der Waals surface area contributed by atoms with Crippen LogP contribution < -0.4 is 5.32 Å². The lowest BCUT2D eigenvalue weighted by Gasteiger charge is -2.11. The van der Waals surface area contributed by atoms with Gasteiger partial charge in [-0.1, -0.05) is 48.6 Å². The first-order valence-electron chi connectivity index (χ1n) is 10.3.